The van der Waals surface area contributed by atoms with E-state index in [0.717, 1.165) is 15.3 Å². The molecule has 2 heterocycles. The molecule has 0 bridgehead atoms. The molecule has 140 valence electrons. The lowest BCUT2D eigenvalue weighted by atomic mass is 10.0. The van der Waals surface area contributed by atoms with Crippen molar-refractivity contribution in [3.8, 4) is 6.07 Å². The Labute approximate surface area is 171 Å². The number of nitrogens with zero attached hydrogens (tertiary/aromatic N) is 2. The summed E-state index contributed by atoms with van der Waals surface area (Å²) < 4.78 is 0. The highest BCUT2D eigenvalue weighted by Gasteiger charge is 2.26. The van der Waals surface area contributed by atoms with Crippen molar-refractivity contribution in [2.24, 2.45) is 0 Å². The molecule has 0 saturated carbocycles. The molecule has 8 heteroatoms. The van der Waals surface area contributed by atoms with Crippen LogP contribution in [0, 0.1) is 11.3 Å². The zero-order valence-electron chi connectivity index (χ0n) is 14.8. The van der Waals surface area contributed by atoms with E-state index in [1.165, 1.54) is 11.3 Å². The lowest BCUT2D eigenvalue weighted by Crippen LogP contribution is -2.33. The van der Waals surface area contributed by atoms with Crippen molar-refractivity contribution in [1.82, 2.24) is 4.90 Å². The van der Waals surface area contributed by atoms with Crippen LogP contribution in [0.2, 0.25) is 5.02 Å². The number of hydrogen-bond acceptors (Lipinski definition) is 5. The topological polar surface area (TPSA) is 73.2 Å². The smallest absolute Gasteiger partial charge is 0.225 e. The van der Waals surface area contributed by atoms with Gasteiger partial charge in [-0.3, -0.25) is 9.59 Å². The van der Waals surface area contributed by atoms with Crippen LogP contribution < -0.4 is 5.32 Å². The highest BCUT2D eigenvalue weighted by molar-refractivity contribution is 7.99. The summed E-state index contributed by atoms with van der Waals surface area (Å²) in [6.07, 6.45) is 0.997. The monoisotopic (exact) mass is 419 g/mol. The Balaban J connectivity index is 1.60. The van der Waals surface area contributed by atoms with E-state index < -0.39 is 0 Å². The number of nitriles is 1. The second-order valence-corrected chi connectivity index (χ2v) is 8.82. The first-order valence-corrected chi connectivity index (χ1v) is 10.6. The van der Waals surface area contributed by atoms with Gasteiger partial charge in [-0.15, -0.1) is 23.1 Å². The molecule has 2 aromatic rings. The van der Waals surface area contributed by atoms with E-state index in [1.54, 1.807) is 23.6 Å². The molecule has 0 aliphatic carbocycles. The van der Waals surface area contributed by atoms with Crippen LogP contribution in [0.15, 0.2) is 29.2 Å². The summed E-state index contributed by atoms with van der Waals surface area (Å²) in [6.45, 7) is 2.66. The number of carbonyl (C=O) groups is 2. The normalized spacial score (nSPS) is 13.0. The van der Waals surface area contributed by atoms with Gasteiger partial charge in [0.1, 0.15) is 11.1 Å². The number of hydrogen-bond donors (Lipinski definition) is 1. The Hall–Kier alpha value is -2.01. The van der Waals surface area contributed by atoms with Gasteiger partial charge in [-0.1, -0.05) is 11.6 Å². The minimum Gasteiger partial charge on any atom is -0.337 e. The molecule has 1 aromatic carbocycles. The van der Waals surface area contributed by atoms with Crippen LogP contribution in [0.3, 0.4) is 0 Å². The molecule has 5 nitrogen and oxygen atoms in total. The van der Waals surface area contributed by atoms with Crippen LogP contribution in [0.1, 0.15) is 29.3 Å². The van der Waals surface area contributed by atoms with Crippen LogP contribution in [0.25, 0.3) is 0 Å². The fraction of sp³-hybridized carbons (Fsp3) is 0.316. The fourth-order valence-electron chi connectivity index (χ4n) is 2.86. The summed E-state index contributed by atoms with van der Waals surface area (Å²) in [5.74, 6) is 0.547. The molecule has 3 rings (SSSR count). The Morgan fingerprint density at radius 1 is 1.37 bits per heavy atom. The van der Waals surface area contributed by atoms with Gasteiger partial charge in [0.25, 0.3) is 0 Å². The largest absolute Gasteiger partial charge is 0.337 e. The average molecular weight is 420 g/mol. The van der Waals surface area contributed by atoms with Crippen molar-refractivity contribution < 1.29 is 9.59 Å². The Bertz CT molecular complexity index is 903. The number of carbonyl (C=O) groups excluding carboxylic acids is 2. The van der Waals surface area contributed by atoms with Crippen LogP contribution >= 0.6 is 34.7 Å². The van der Waals surface area contributed by atoms with Crippen LogP contribution in [-0.4, -0.2) is 29.0 Å². The molecular formula is C19H18ClN3O2S2. The maximum Gasteiger partial charge on any atom is 0.225 e. The van der Waals surface area contributed by atoms with Crippen LogP contribution in [0.4, 0.5) is 5.00 Å². The zero-order valence-corrected chi connectivity index (χ0v) is 17.1. The van der Waals surface area contributed by atoms with Gasteiger partial charge in [0.15, 0.2) is 0 Å². The second-order valence-electron chi connectivity index (χ2n) is 6.11. The van der Waals surface area contributed by atoms with Crippen LogP contribution in [-0.2, 0) is 22.6 Å². The number of anilines is 1. The van der Waals surface area contributed by atoms with Crippen molar-refractivity contribution in [2.75, 3.05) is 17.6 Å². The van der Waals surface area contributed by atoms with Crippen LogP contribution in [0.5, 0.6) is 0 Å². The van der Waals surface area contributed by atoms with E-state index in [0.29, 0.717) is 47.3 Å². The first-order valence-electron chi connectivity index (χ1n) is 8.46. The van der Waals surface area contributed by atoms with E-state index >= 15 is 0 Å². The summed E-state index contributed by atoms with van der Waals surface area (Å²) >= 11 is 8.85. The third-order valence-electron chi connectivity index (χ3n) is 4.28. The molecule has 27 heavy (non-hydrogen) atoms. The zero-order chi connectivity index (χ0) is 19.4. The lowest BCUT2D eigenvalue weighted by Gasteiger charge is -2.25. The summed E-state index contributed by atoms with van der Waals surface area (Å²) in [5, 5.41) is 13.7. The molecule has 1 N–H and O–H groups in total. The molecule has 1 aliphatic heterocycles. The number of fused-ring (bicyclic) bond motifs is 1. The van der Waals surface area contributed by atoms with Gasteiger partial charge in [0.2, 0.25) is 11.8 Å². The number of thiophene rings is 1. The second kappa shape index (κ2) is 8.79. The van der Waals surface area contributed by atoms with E-state index in [1.807, 2.05) is 24.3 Å². The van der Waals surface area contributed by atoms with E-state index in [2.05, 4.69) is 11.4 Å². The number of thioether (sulfide) groups is 1. The molecule has 0 saturated heterocycles. The maximum atomic E-state index is 12.3. The van der Waals surface area contributed by atoms with Crippen molar-refractivity contribution >= 4 is 51.5 Å². The van der Waals surface area contributed by atoms with Crippen molar-refractivity contribution in [3.63, 3.8) is 0 Å². The molecule has 1 aromatic heterocycles. The molecule has 0 atom stereocenters. The Kier molecular flexibility index (Phi) is 6.42. The van der Waals surface area contributed by atoms with Crippen molar-refractivity contribution in [1.29, 1.82) is 5.26 Å². The maximum absolute atomic E-state index is 12.3. The third kappa shape index (κ3) is 4.83. The van der Waals surface area contributed by atoms with Gasteiger partial charge in [-0.05, 0) is 36.2 Å². The molecule has 2 amide bonds. The van der Waals surface area contributed by atoms with E-state index in [-0.39, 0.29) is 11.8 Å². The summed E-state index contributed by atoms with van der Waals surface area (Å²) in [4.78, 5) is 27.7. The predicted molar refractivity (Wildman–Crippen MR) is 109 cm³/mol. The predicted octanol–water partition coefficient (Wildman–Crippen LogP) is 4.30. The first-order chi connectivity index (χ1) is 13.0. The molecule has 0 unspecified atom stereocenters. The number of nitrogens with one attached hydrogen (secondary N) is 1. The SMILES string of the molecule is CC(=O)N1CCc2c(sc(NC(=O)CCSc3ccc(Cl)cc3)c2C#N)C1. The van der Waals surface area contributed by atoms with Gasteiger partial charge in [0.05, 0.1) is 12.1 Å². The lowest BCUT2D eigenvalue weighted by molar-refractivity contribution is -0.129. The van der Waals surface area contributed by atoms with Gasteiger partial charge in [0, 0.05) is 40.4 Å². The minimum absolute atomic E-state index is 0.0253. The van der Waals surface area contributed by atoms with Gasteiger partial charge in [-0.2, -0.15) is 5.26 Å². The average Bonchev–Trinajstić information content (AvgIpc) is 2.99. The number of halogens is 1. The highest BCUT2D eigenvalue weighted by Crippen LogP contribution is 2.36. The summed E-state index contributed by atoms with van der Waals surface area (Å²) in [6, 6.07) is 9.71. The highest BCUT2D eigenvalue weighted by atomic mass is 35.5. The quantitative estimate of drug-likeness (QED) is 0.733. The number of rotatable bonds is 5. The molecule has 0 radical (unpaired) electrons. The standard InChI is InChI=1S/C19H18ClN3O2S2/c1-12(24)23-8-6-15-16(10-21)19(27-17(15)11-23)22-18(25)7-9-26-14-4-2-13(20)3-5-14/h2-5H,6-9,11H2,1H3,(H,22,25). The van der Waals surface area contributed by atoms with Gasteiger partial charge < -0.3 is 10.2 Å². The van der Waals surface area contributed by atoms with E-state index in [9.17, 15) is 14.9 Å². The summed E-state index contributed by atoms with van der Waals surface area (Å²) in [7, 11) is 0. The van der Waals surface area contributed by atoms with Gasteiger partial charge >= 0.3 is 0 Å². The van der Waals surface area contributed by atoms with Gasteiger partial charge in [-0.25, -0.2) is 0 Å². The third-order valence-corrected chi connectivity index (χ3v) is 6.68. The summed E-state index contributed by atoms with van der Waals surface area (Å²) in [5.41, 5.74) is 1.50. The first kappa shape index (κ1) is 19.7. The number of amides is 2. The van der Waals surface area contributed by atoms with Crippen molar-refractivity contribution in [2.45, 2.75) is 31.2 Å². The van der Waals surface area contributed by atoms with Crippen molar-refractivity contribution in [3.05, 3.63) is 45.3 Å². The Morgan fingerprint density at radius 2 is 2.11 bits per heavy atom. The molecular weight excluding hydrogens is 402 g/mol. The molecule has 1 aliphatic rings. The molecule has 0 fully saturated rings. The minimum atomic E-state index is -0.116. The fourth-order valence-corrected chi connectivity index (χ4v) is 5.07. The number of benzene rings is 1. The van der Waals surface area contributed by atoms with E-state index in [4.69, 9.17) is 11.6 Å². The molecule has 0 spiro atoms. The Morgan fingerprint density at radius 3 is 2.78 bits per heavy atom.